The zero-order chi connectivity index (χ0) is 57.9. The van der Waals surface area contributed by atoms with Crippen LogP contribution in [-0.2, 0) is 16.2 Å². The highest BCUT2D eigenvalue weighted by Crippen LogP contribution is 2.54. The number of hydrogen-bond donors (Lipinski definition) is 0. The van der Waals surface area contributed by atoms with Gasteiger partial charge in [0.2, 0.25) is 0 Å². The van der Waals surface area contributed by atoms with Crippen molar-refractivity contribution in [3.63, 3.8) is 0 Å². The van der Waals surface area contributed by atoms with E-state index in [0.29, 0.717) is 0 Å². The first-order chi connectivity index (χ1) is 41.2. The smallest absolute Gasteiger partial charge is 0.0490 e. The van der Waals surface area contributed by atoms with Gasteiger partial charge in [0.25, 0.3) is 0 Å². The van der Waals surface area contributed by atoms with E-state index in [2.05, 4.69) is 332 Å². The molecule has 85 heavy (non-hydrogen) atoms. The molecule has 12 aromatic carbocycles. The monoisotopic (exact) mass is 1090 g/mol. The van der Waals surface area contributed by atoms with E-state index < -0.39 is 0 Å². The Kier molecular flexibility index (Phi) is 12.1. The molecule has 410 valence electrons. The first-order valence-corrected chi connectivity index (χ1v) is 30.1. The number of para-hydroxylation sites is 2. The van der Waals surface area contributed by atoms with Gasteiger partial charge in [0.05, 0.1) is 0 Å². The molecule has 0 atom stereocenters. The number of rotatable bonds is 10. The number of fused-ring (bicyclic) bond motifs is 11. The number of anilines is 6. The fourth-order valence-electron chi connectivity index (χ4n) is 14.5. The van der Waals surface area contributed by atoms with Crippen molar-refractivity contribution in [3.05, 3.63) is 309 Å². The molecule has 0 bridgehead atoms. The average Bonchev–Trinajstić information content (AvgIpc) is 3.21. The van der Waals surface area contributed by atoms with E-state index in [1.807, 2.05) is 0 Å². The van der Waals surface area contributed by atoms with Gasteiger partial charge in [-0.05, 0) is 196 Å². The highest BCUT2D eigenvalue weighted by molar-refractivity contribution is 5.94. The van der Waals surface area contributed by atoms with Gasteiger partial charge < -0.3 is 9.80 Å². The minimum atomic E-state index is -0.190. The molecule has 0 N–H and O–H groups in total. The van der Waals surface area contributed by atoms with E-state index >= 15 is 0 Å². The quantitative estimate of drug-likeness (QED) is 0.126. The summed E-state index contributed by atoms with van der Waals surface area (Å²) in [5.74, 6) is 0. The van der Waals surface area contributed by atoms with Crippen LogP contribution in [0.1, 0.15) is 108 Å². The third kappa shape index (κ3) is 8.60. The predicted octanol–water partition coefficient (Wildman–Crippen LogP) is 22.8. The Morgan fingerprint density at radius 3 is 0.835 bits per heavy atom. The molecule has 0 unspecified atom stereocenters. The van der Waals surface area contributed by atoms with Crippen LogP contribution in [0.3, 0.4) is 0 Å². The lowest BCUT2D eigenvalue weighted by Gasteiger charge is -2.29. The minimum absolute atomic E-state index is 0.158. The van der Waals surface area contributed by atoms with Gasteiger partial charge in [-0.2, -0.15) is 0 Å². The zero-order valence-electron chi connectivity index (χ0n) is 49.8. The number of benzene rings is 12. The van der Waals surface area contributed by atoms with Crippen LogP contribution in [0.2, 0.25) is 0 Å². The Bertz CT molecular complexity index is 4490. The van der Waals surface area contributed by atoms with Crippen LogP contribution in [-0.4, -0.2) is 0 Å². The third-order valence-electron chi connectivity index (χ3n) is 19.2. The van der Waals surface area contributed by atoms with Crippen molar-refractivity contribution < 1.29 is 0 Å². The summed E-state index contributed by atoms with van der Waals surface area (Å²) in [6, 6.07) is 90.7. The molecule has 15 rings (SSSR count). The van der Waals surface area contributed by atoms with Crippen molar-refractivity contribution in [2.24, 2.45) is 0 Å². The second-order valence-electron chi connectivity index (χ2n) is 25.5. The fourth-order valence-corrected chi connectivity index (χ4v) is 14.5. The number of nitrogens with zero attached hydrogens (tertiary/aromatic N) is 2. The molecular formula is C83H68N2. The van der Waals surface area contributed by atoms with Crippen LogP contribution in [0.15, 0.2) is 243 Å². The normalized spacial score (nSPS) is 14.5. The molecule has 3 aliphatic carbocycles. The Morgan fingerprint density at radius 1 is 0.247 bits per heavy atom. The molecule has 3 aliphatic rings. The SMILES string of the molecule is Cc1ccccc1N(c1ccc2c(c1)C(C)(C)c1cc(C=Cc3ccc4c(c3)C(C)(C)c3cc(C=Cc5ccc6c(c5)C(C)(C)c5cc(N(c7ccc8ccccc8c7)c7ccccc7C)ccc5-6)ccc3-4)ccc1-2)c1ccc2ccccc2c1. The molecule has 2 heteroatoms. The summed E-state index contributed by atoms with van der Waals surface area (Å²) in [6.45, 7) is 18.8. The summed E-state index contributed by atoms with van der Waals surface area (Å²) in [5, 5.41) is 4.96. The van der Waals surface area contributed by atoms with E-state index in [1.54, 1.807) is 0 Å². The Hall–Kier alpha value is -9.76. The lowest BCUT2D eigenvalue weighted by Crippen LogP contribution is -2.17. The molecule has 2 nitrogen and oxygen atoms in total. The minimum Gasteiger partial charge on any atom is -0.310 e. The lowest BCUT2D eigenvalue weighted by molar-refractivity contribution is 0.660. The standard InChI is InChI=1S/C83H68N2/c1-53-17-9-15-23-79(53)84(63-35-33-59-19-11-13-21-61(59)49-63)65-37-43-71-69-41-31-57(47-75(69)82(5,6)77(71)51-65)27-25-55-29-39-67-68-40-30-56(46-74(68)81(3,4)73(67)45-55)26-28-58-32-42-70-72-44-38-66(52-78(72)83(7,8)76(70)48-58)85(80-24-16-10-18-54(80)2)64-36-34-60-20-12-14-22-62(60)50-64/h9-52H,1-8H3. The summed E-state index contributed by atoms with van der Waals surface area (Å²) in [5.41, 5.74) is 29.9. The van der Waals surface area contributed by atoms with Gasteiger partial charge in [-0.15, -0.1) is 0 Å². The first kappa shape index (κ1) is 52.1. The van der Waals surface area contributed by atoms with Crippen molar-refractivity contribution in [1.29, 1.82) is 0 Å². The summed E-state index contributed by atoms with van der Waals surface area (Å²) in [4.78, 5) is 4.86. The lowest BCUT2D eigenvalue weighted by atomic mass is 9.81. The Balaban J connectivity index is 0.669. The van der Waals surface area contributed by atoms with E-state index in [-0.39, 0.29) is 16.2 Å². The van der Waals surface area contributed by atoms with Crippen LogP contribution >= 0.6 is 0 Å². The van der Waals surface area contributed by atoms with Crippen molar-refractivity contribution in [2.75, 3.05) is 9.80 Å². The average molecular weight is 1090 g/mol. The molecular weight excluding hydrogens is 1020 g/mol. The largest absolute Gasteiger partial charge is 0.310 e. The van der Waals surface area contributed by atoms with Gasteiger partial charge in [0, 0.05) is 50.4 Å². The zero-order valence-corrected chi connectivity index (χ0v) is 49.8. The van der Waals surface area contributed by atoms with Gasteiger partial charge in [-0.3, -0.25) is 0 Å². The van der Waals surface area contributed by atoms with Gasteiger partial charge in [-0.25, -0.2) is 0 Å². The maximum absolute atomic E-state index is 2.44. The molecule has 0 heterocycles. The molecule has 0 saturated carbocycles. The van der Waals surface area contributed by atoms with E-state index in [0.717, 1.165) is 11.4 Å². The predicted molar refractivity (Wildman–Crippen MR) is 364 cm³/mol. The van der Waals surface area contributed by atoms with E-state index in [9.17, 15) is 0 Å². The molecule has 0 fully saturated rings. The highest BCUT2D eigenvalue weighted by atomic mass is 15.1. The topological polar surface area (TPSA) is 6.48 Å². The third-order valence-corrected chi connectivity index (χ3v) is 19.2. The molecule has 12 aromatic rings. The second kappa shape index (κ2) is 19.7. The van der Waals surface area contributed by atoms with Crippen molar-refractivity contribution in [1.82, 2.24) is 0 Å². The summed E-state index contributed by atoms with van der Waals surface area (Å²) >= 11 is 0. The van der Waals surface area contributed by atoms with Crippen LogP contribution in [0.4, 0.5) is 34.1 Å². The van der Waals surface area contributed by atoms with E-state index in [1.165, 1.54) is 144 Å². The van der Waals surface area contributed by atoms with Crippen LogP contribution in [0.5, 0.6) is 0 Å². The second-order valence-corrected chi connectivity index (χ2v) is 25.5. The van der Waals surface area contributed by atoms with Crippen molar-refractivity contribution >= 4 is 80.0 Å². The number of hydrogen-bond acceptors (Lipinski definition) is 2. The summed E-state index contributed by atoms with van der Waals surface area (Å²) in [7, 11) is 0. The first-order valence-electron chi connectivity index (χ1n) is 30.1. The molecule has 0 saturated heterocycles. The van der Waals surface area contributed by atoms with Gasteiger partial charge in [0.1, 0.15) is 0 Å². The Labute approximate surface area is 501 Å². The maximum atomic E-state index is 2.44. The molecule has 0 aromatic heterocycles. The van der Waals surface area contributed by atoms with Gasteiger partial charge in [0.15, 0.2) is 0 Å². The Morgan fingerprint density at radius 2 is 0.506 bits per heavy atom. The molecule has 0 amide bonds. The van der Waals surface area contributed by atoms with Crippen molar-refractivity contribution in [2.45, 2.75) is 71.6 Å². The molecule has 0 spiro atoms. The molecule has 0 aliphatic heterocycles. The maximum Gasteiger partial charge on any atom is 0.0490 e. The van der Waals surface area contributed by atoms with Crippen molar-refractivity contribution in [3.8, 4) is 33.4 Å². The highest BCUT2D eigenvalue weighted by Gasteiger charge is 2.39. The van der Waals surface area contributed by atoms with E-state index in [4.69, 9.17) is 0 Å². The fraction of sp³-hybridized carbons (Fsp3) is 0.133. The van der Waals surface area contributed by atoms with Gasteiger partial charge in [-0.1, -0.05) is 248 Å². The van der Waals surface area contributed by atoms with Gasteiger partial charge >= 0.3 is 0 Å². The summed E-state index contributed by atoms with van der Waals surface area (Å²) < 4.78 is 0. The van der Waals surface area contributed by atoms with Crippen LogP contribution in [0, 0.1) is 13.8 Å². The molecule has 0 radical (unpaired) electrons. The summed E-state index contributed by atoms with van der Waals surface area (Å²) in [6.07, 6.45) is 9.20. The number of aryl methyl sites for hydroxylation is 2. The van der Waals surface area contributed by atoms with Crippen LogP contribution in [0.25, 0.3) is 79.2 Å². The van der Waals surface area contributed by atoms with Crippen LogP contribution < -0.4 is 9.80 Å².